The number of nitrogens with one attached hydrogen (secondary N) is 1. The fourth-order valence-corrected chi connectivity index (χ4v) is 2.58. The van der Waals surface area contributed by atoms with E-state index in [-0.39, 0.29) is 10.9 Å². The van der Waals surface area contributed by atoms with Crippen molar-refractivity contribution >= 4 is 29.0 Å². The molecule has 6 nitrogen and oxygen atoms in total. The Morgan fingerprint density at radius 1 is 1.21 bits per heavy atom. The van der Waals surface area contributed by atoms with Gasteiger partial charge < -0.3 is 15.1 Å². The quantitative estimate of drug-likeness (QED) is 0.922. The van der Waals surface area contributed by atoms with Gasteiger partial charge in [-0.1, -0.05) is 11.6 Å². The molecular weight excluding hydrogens is 333 g/mol. The lowest BCUT2D eigenvalue weighted by Crippen LogP contribution is -2.47. The van der Waals surface area contributed by atoms with Crippen molar-refractivity contribution in [2.24, 2.45) is 0 Å². The lowest BCUT2D eigenvalue weighted by Gasteiger charge is -2.32. The number of amides is 1. The van der Waals surface area contributed by atoms with Crippen LogP contribution in [0.2, 0.25) is 5.02 Å². The SMILES string of the molecule is CN1CCN(C(=O)c2cnc(Nc3ccc(F)c(Cl)c3)cn2)CC1. The monoisotopic (exact) mass is 349 g/mol. The van der Waals surface area contributed by atoms with Gasteiger partial charge in [0.1, 0.15) is 17.3 Å². The normalized spacial score (nSPS) is 15.4. The molecule has 0 atom stereocenters. The summed E-state index contributed by atoms with van der Waals surface area (Å²) < 4.78 is 13.1. The van der Waals surface area contributed by atoms with Crippen LogP contribution in [-0.2, 0) is 0 Å². The molecule has 126 valence electrons. The molecule has 2 heterocycles. The van der Waals surface area contributed by atoms with E-state index in [9.17, 15) is 9.18 Å². The number of hydrogen-bond donors (Lipinski definition) is 1. The number of carbonyl (C=O) groups excluding carboxylic acids is 1. The maximum Gasteiger partial charge on any atom is 0.274 e. The Hall–Kier alpha value is -2.25. The van der Waals surface area contributed by atoms with Gasteiger partial charge in [0.2, 0.25) is 0 Å². The van der Waals surface area contributed by atoms with Crippen molar-refractivity contribution in [1.29, 1.82) is 0 Å². The molecule has 1 N–H and O–H groups in total. The summed E-state index contributed by atoms with van der Waals surface area (Å²) in [5.41, 5.74) is 0.899. The molecule has 1 amide bonds. The molecular formula is C16H17ClFN5O. The Bertz CT molecular complexity index is 732. The zero-order chi connectivity index (χ0) is 17.1. The van der Waals surface area contributed by atoms with Crippen molar-refractivity contribution in [2.75, 3.05) is 38.5 Å². The van der Waals surface area contributed by atoms with Crippen LogP contribution < -0.4 is 5.32 Å². The fraction of sp³-hybridized carbons (Fsp3) is 0.312. The Labute approximate surface area is 144 Å². The van der Waals surface area contributed by atoms with Gasteiger partial charge in [-0.2, -0.15) is 0 Å². The molecule has 1 aromatic carbocycles. The van der Waals surface area contributed by atoms with Crippen LogP contribution in [0.15, 0.2) is 30.6 Å². The first-order valence-electron chi connectivity index (χ1n) is 7.55. The number of benzene rings is 1. The van der Waals surface area contributed by atoms with Gasteiger partial charge in [-0.25, -0.2) is 14.4 Å². The Morgan fingerprint density at radius 2 is 1.96 bits per heavy atom. The molecule has 1 aromatic heterocycles. The second kappa shape index (κ2) is 7.11. The summed E-state index contributed by atoms with van der Waals surface area (Å²) in [5.74, 6) is -0.152. The number of piperazine rings is 1. The largest absolute Gasteiger partial charge is 0.339 e. The number of halogens is 2. The minimum atomic E-state index is -0.485. The molecule has 3 rings (SSSR count). The minimum absolute atomic E-state index is 0.0230. The Balaban J connectivity index is 1.66. The molecule has 0 bridgehead atoms. The molecule has 0 spiro atoms. The van der Waals surface area contributed by atoms with E-state index in [2.05, 4.69) is 20.2 Å². The number of nitrogens with zero attached hydrogens (tertiary/aromatic N) is 4. The number of aromatic nitrogens is 2. The molecule has 1 aliphatic heterocycles. The van der Waals surface area contributed by atoms with Crippen LogP contribution in [-0.4, -0.2) is 58.9 Å². The maximum atomic E-state index is 13.1. The van der Waals surface area contributed by atoms with Crippen LogP contribution in [0.5, 0.6) is 0 Å². The van der Waals surface area contributed by atoms with Gasteiger partial charge in [0.25, 0.3) is 5.91 Å². The van der Waals surface area contributed by atoms with Crippen LogP contribution in [0.1, 0.15) is 10.5 Å². The van der Waals surface area contributed by atoms with E-state index in [4.69, 9.17) is 11.6 Å². The summed E-state index contributed by atoms with van der Waals surface area (Å²) in [6, 6.07) is 4.28. The fourth-order valence-electron chi connectivity index (χ4n) is 2.40. The zero-order valence-electron chi connectivity index (χ0n) is 13.2. The predicted molar refractivity (Wildman–Crippen MR) is 90.1 cm³/mol. The molecule has 8 heteroatoms. The third-order valence-electron chi connectivity index (χ3n) is 3.85. The van der Waals surface area contributed by atoms with E-state index in [1.165, 1.54) is 24.5 Å². The van der Waals surface area contributed by atoms with Gasteiger partial charge in [-0.15, -0.1) is 0 Å². The van der Waals surface area contributed by atoms with E-state index in [0.29, 0.717) is 30.3 Å². The molecule has 1 saturated heterocycles. The van der Waals surface area contributed by atoms with Gasteiger partial charge in [0, 0.05) is 31.9 Å². The summed E-state index contributed by atoms with van der Waals surface area (Å²) in [4.78, 5) is 24.7. The molecule has 0 saturated carbocycles. The second-order valence-electron chi connectivity index (χ2n) is 5.64. The average Bonchev–Trinajstić information content (AvgIpc) is 2.59. The first kappa shape index (κ1) is 16.6. The molecule has 0 aliphatic carbocycles. The maximum absolute atomic E-state index is 13.1. The van der Waals surface area contributed by atoms with Crippen molar-refractivity contribution in [2.45, 2.75) is 0 Å². The van der Waals surface area contributed by atoms with Gasteiger partial charge in [0.15, 0.2) is 0 Å². The Kier molecular flexibility index (Phi) is 4.92. The van der Waals surface area contributed by atoms with Crippen molar-refractivity contribution in [3.8, 4) is 0 Å². The number of anilines is 2. The van der Waals surface area contributed by atoms with Crippen molar-refractivity contribution in [1.82, 2.24) is 19.8 Å². The lowest BCUT2D eigenvalue weighted by atomic mass is 10.3. The highest BCUT2D eigenvalue weighted by atomic mass is 35.5. The summed E-state index contributed by atoms with van der Waals surface area (Å²) in [5, 5.41) is 2.99. The average molecular weight is 350 g/mol. The van der Waals surface area contributed by atoms with Crippen LogP contribution in [0.25, 0.3) is 0 Å². The summed E-state index contributed by atoms with van der Waals surface area (Å²) in [7, 11) is 2.03. The second-order valence-corrected chi connectivity index (χ2v) is 6.04. The number of likely N-dealkylation sites (N-methyl/N-ethyl adjacent to an activating group) is 1. The number of hydrogen-bond acceptors (Lipinski definition) is 5. The molecule has 2 aromatic rings. The molecule has 0 radical (unpaired) electrons. The van der Waals surface area contributed by atoms with Gasteiger partial charge in [-0.3, -0.25) is 4.79 Å². The van der Waals surface area contributed by atoms with Crippen LogP contribution in [0, 0.1) is 5.82 Å². The Morgan fingerprint density at radius 3 is 2.58 bits per heavy atom. The van der Waals surface area contributed by atoms with Crippen molar-refractivity contribution in [3.05, 3.63) is 47.1 Å². The van der Waals surface area contributed by atoms with E-state index < -0.39 is 5.82 Å². The first-order chi connectivity index (χ1) is 11.5. The van der Waals surface area contributed by atoms with Crippen LogP contribution in [0.3, 0.4) is 0 Å². The standard InChI is InChI=1S/C16H17ClFN5O/c1-22-4-6-23(7-5-22)16(24)14-9-20-15(10-19-14)21-11-2-3-13(18)12(17)8-11/h2-3,8-10H,4-7H2,1H3,(H,20,21). The lowest BCUT2D eigenvalue weighted by molar-refractivity contribution is 0.0658. The molecule has 1 aliphatic rings. The van der Waals surface area contributed by atoms with Gasteiger partial charge in [0.05, 0.1) is 17.4 Å². The highest BCUT2D eigenvalue weighted by molar-refractivity contribution is 6.31. The zero-order valence-corrected chi connectivity index (χ0v) is 13.9. The predicted octanol–water partition coefficient (Wildman–Crippen LogP) is 2.40. The highest BCUT2D eigenvalue weighted by Gasteiger charge is 2.21. The molecule has 24 heavy (non-hydrogen) atoms. The first-order valence-corrected chi connectivity index (χ1v) is 7.92. The number of carbonyl (C=O) groups is 1. The summed E-state index contributed by atoms with van der Waals surface area (Å²) >= 11 is 5.74. The van der Waals surface area contributed by atoms with Crippen molar-refractivity contribution < 1.29 is 9.18 Å². The minimum Gasteiger partial charge on any atom is -0.339 e. The van der Waals surface area contributed by atoms with E-state index in [1.807, 2.05) is 7.05 Å². The van der Waals surface area contributed by atoms with Crippen LogP contribution in [0.4, 0.5) is 15.9 Å². The van der Waals surface area contributed by atoms with E-state index in [1.54, 1.807) is 11.0 Å². The number of rotatable bonds is 3. The topological polar surface area (TPSA) is 61.4 Å². The van der Waals surface area contributed by atoms with E-state index >= 15 is 0 Å². The highest BCUT2D eigenvalue weighted by Crippen LogP contribution is 2.21. The van der Waals surface area contributed by atoms with Gasteiger partial charge in [-0.05, 0) is 25.2 Å². The molecule has 0 unspecified atom stereocenters. The smallest absolute Gasteiger partial charge is 0.274 e. The van der Waals surface area contributed by atoms with Crippen LogP contribution >= 0.6 is 11.6 Å². The van der Waals surface area contributed by atoms with Crippen molar-refractivity contribution in [3.63, 3.8) is 0 Å². The third kappa shape index (κ3) is 3.80. The summed E-state index contributed by atoms with van der Waals surface area (Å²) in [6.07, 6.45) is 2.91. The summed E-state index contributed by atoms with van der Waals surface area (Å²) in [6.45, 7) is 3.07. The third-order valence-corrected chi connectivity index (χ3v) is 4.14. The van der Waals surface area contributed by atoms with E-state index in [0.717, 1.165) is 13.1 Å². The van der Waals surface area contributed by atoms with Gasteiger partial charge >= 0.3 is 0 Å². The molecule has 1 fully saturated rings.